The standard InChI is InChI=1S/C18H20N2O3/c1-3-4-12-19(15-8-6-5-7-9-15)18(21)17-13-16(20(22)23)11-10-14(17)2/h5-11,13H,3-4,12H2,1-2H3. The molecule has 2 aromatic carbocycles. The number of carbonyl (C=O) groups excluding carboxylic acids is 1. The van der Waals surface area contributed by atoms with E-state index < -0.39 is 4.92 Å². The maximum absolute atomic E-state index is 13.0. The predicted octanol–water partition coefficient (Wildman–Crippen LogP) is 4.35. The molecule has 1 amide bonds. The van der Waals surface area contributed by atoms with Crippen molar-refractivity contribution in [3.05, 3.63) is 69.8 Å². The summed E-state index contributed by atoms with van der Waals surface area (Å²) in [5.41, 5.74) is 1.84. The number of rotatable bonds is 6. The van der Waals surface area contributed by atoms with Crippen molar-refractivity contribution in [3.63, 3.8) is 0 Å². The van der Waals surface area contributed by atoms with Crippen LogP contribution >= 0.6 is 0 Å². The molecule has 0 unspecified atom stereocenters. The lowest BCUT2D eigenvalue weighted by Gasteiger charge is -2.23. The van der Waals surface area contributed by atoms with Gasteiger partial charge < -0.3 is 4.90 Å². The number of nitrogens with zero attached hydrogens (tertiary/aromatic N) is 2. The highest BCUT2D eigenvalue weighted by Crippen LogP contribution is 2.23. The fourth-order valence-corrected chi connectivity index (χ4v) is 2.37. The minimum Gasteiger partial charge on any atom is -0.308 e. The summed E-state index contributed by atoms with van der Waals surface area (Å²) in [5, 5.41) is 11.0. The van der Waals surface area contributed by atoms with E-state index in [0.29, 0.717) is 12.1 Å². The average molecular weight is 312 g/mol. The predicted molar refractivity (Wildman–Crippen MR) is 90.9 cm³/mol. The highest BCUT2D eigenvalue weighted by Gasteiger charge is 2.21. The van der Waals surface area contributed by atoms with Crippen LogP contribution < -0.4 is 4.90 Å². The Balaban J connectivity index is 2.41. The number of hydrogen-bond acceptors (Lipinski definition) is 3. The Kier molecular flexibility index (Phi) is 5.46. The molecule has 0 N–H and O–H groups in total. The van der Waals surface area contributed by atoms with Gasteiger partial charge in [0.05, 0.1) is 4.92 Å². The van der Waals surface area contributed by atoms with Crippen LogP contribution in [0.25, 0.3) is 0 Å². The second-order valence-corrected chi connectivity index (χ2v) is 5.40. The van der Waals surface area contributed by atoms with Crippen LogP contribution in [-0.2, 0) is 0 Å². The molecule has 0 bridgehead atoms. The number of aryl methyl sites for hydroxylation is 1. The number of nitro benzene ring substituents is 1. The van der Waals surface area contributed by atoms with Crippen molar-refractivity contribution in [3.8, 4) is 0 Å². The zero-order valence-electron chi connectivity index (χ0n) is 13.4. The van der Waals surface area contributed by atoms with Gasteiger partial charge in [-0.05, 0) is 31.0 Å². The van der Waals surface area contributed by atoms with Gasteiger partial charge in [-0.25, -0.2) is 0 Å². The third kappa shape index (κ3) is 3.94. The molecular formula is C18H20N2O3. The van der Waals surface area contributed by atoms with Crippen LogP contribution in [0.2, 0.25) is 0 Å². The molecule has 0 aromatic heterocycles. The smallest absolute Gasteiger partial charge is 0.270 e. The maximum atomic E-state index is 13.0. The molecule has 0 heterocycles. The van der Waals surface area contributed by atoms with Crippen molar-refractivity contribution in [2.75, 3.05) is 11.4 Å². The summed E-state index contributed by atoms with van der Waals surface area (Å²) in [4.78, 5) is 25.1. The summed E-state index contributed by atoms with van der Waals surface area (Å²) >= 11 is 0. The summed E-state index contributed by atoms with van der Waals surface area (Å²) in [7, 11) is 0. The van der Waals surface area contributed by atoms with Crippen molar-refractivity contribution in [1.82, 2.24) is 0 Å². The van der Waals surface area contributed by atoms with E-state index in [1.807, 2.05) is 30.3 Å². The van der Waals surface area contributed by atoms with E-state index in [2.05, 4.69) is 6.92 Å². The maximum Gasteiger partial charge on any atom is 0.270 e. The van der Waals surface area contributed by atoms with Crippen LogP contribution in [-0.4, -0.2) is 17.4 Å². The molecule has 0 aliphatic heterocycles. The summed E-state index contributed by atoms with van der Waals surface area (Å²) in [5.74, 6) is -0.203. The minimum atomic E-state index is -0.477. The van der Waals surface area contributed by atoms with Crippen molar-refractivity contribution >= 4 is 17.3 Å². The van der Waals surface area contributed by atoms with Crippen LogP contribution in [0.5, 0.6) is 0 Å². The molecule has 23 heavy (non-hydrogen) atoms. The minimum absolute atomic E-state index is 0.0672. The highest BCUT2D eigenvalue weighted by molar-refractivity contribution is 6.07. The Morgan fingerprint density at radius 1 is 1.17 bits per heavy atom. The Hall–Kier alpha value is -2.69. The zero-order chi connectivity index (χ0) is 16.8. The number of para-hydroxylation sites is 1. The van der Waals surface area contributed by atoms with Crippen molar-refractivity contribution in [1.29, 1.82) is 0 Å². The molecule has 120 valence electrons. The molecule has 0 aliphatic carbocycles. The van der Waals surface area contributed by atoms with Crippen LogP contribution in [0.15, 0.2) is 48.5 Å². The topological polar surface area (TPSA) is 63.5 Å². The summed E-state index contributed by atoms with van der Waals surface area (Å²) in [6.45, 7) is 4.44. The Bertz CT molecular complexity index is 699. The van der Waals surface area contributed by atoms with E-state index in [1.165, 1.54) is 12.1 Å². The highest BCUT2D eigenvalue weighted by atomic mass is 16.6. The first kappa shape index (κ1) is 16.7. The average Bonchev–Trinajstić information content (AvgIpc) is 2.56. The first-order valence-corrected chi connectivity index (χ1v) is 7.66. The molecule has 2 rings (SSSR count). The van der Waals surface area contributed by atoms with Crippen molar-refractivity contribution in [2.45, 2.75) is 26.7 Å². The Morgan fingerprint density at radius 3 is 2.48 bits per heavy atom. The van der Waals surface area contributed by atoms with Gasteiger partial charge in [-0.3, -0.25) is 14.9 Å². The van der Waals surface area contributed by atoms with Gasteiger partial charge in [-0.1, -0.05) is 37.6 Å². The zero-order valence-corrected chi connectivity index (χ0v) is 13.4. The number of anilines is 1. The number of benzene rings is 2. The lowest BCUT2D eigenvalue weighted by atomic mass is 10.1. The molecule has 0 saturated carbocycles. The lowest BCUT2D eigenvalue weighted by molar-refractivity contribution is -0.384. The molecule has 0 fully saturated rings. The first-order chi connectivity index (χ1) is 11.0. The molecule has 0 saturated heterocycles. The monoisotopic (exact) mass is 312 g/mol. The van der Waals surface area contributed by atoms with Gasteiger partial charge in [0.25, 0.3) is 11.6 Å². The van der Waals surface area contributed by atoms with E-state index in [4.69, 9.17) is 0 Å². The number of nitro groups is 1. The van der Waals surface area contributed by atoms with Gasteiger partial charge >= 0.3 is 0 Å². The van der Waals surface area contributed by atoms with E-state index >= 15 is 0 Å². The Morgan fingerprint density at radius 2 is 1.87 bits per heavy atom. The van der Waals surface area contributed by atoms with Gasteiger partial charge in [0.1, 0.15) is 0 Å². The fourth-order valence-electron chi connectivity index (χ4n) is 2.37. The van der Waals surface area contributed by atoms with Crippen LogP contribution in [0.1, 0.15) is 35.7 Å². The third-order valence-electron chi connectivity index (χ3n) is 3.71. The second kappa shape index (κ2) is 7.54. The molecule has 0 spiro atoms. The third-order valence-corrected chi connectivity index (χ3v) is 3.71. The van der Waals surface area contributed by atoms with E-state index in [9.17, 15) is 14.9 Å². The van der Waals surface area contributed by atoms with E-state index in [0.717, 1.165) is 24.1 Å². The largest absolute Gasteiger partial charge is 0.308 e. The van der Waals surface area contributed by atoms with E-state index in [-0.39, 0.29) is 11.6 Å². The number of unbranched alkanes of at least 4 members (excludes halogenated alkanes) is 1. The fraction of sp³-hybridized carbons (Fsp3) is 0.278. The number of non-ortho nitro benzene ring substituents is 1. The SMILES string of the molecule is CCCCN(C(=O)c1cc([N+](=O)[O-])ccc1C)c1ccccc1. The number of amides is 1. The molecule has 0 aliphatic rings. The van der Waals surface area contributed by atoms with Crippen LogP contribution in [0.3, 0.4) is 0 Å². The summed E-state index contributed by atoms with van der Waals surface area (Å²) < 4.78 is 0. The summed E-state index contributed by atoms with van der Waals surface area (Å²) in [6, 6.07) is 13.8. The first-order valence-electron chi connectivity index (χ1n) is 7.66. The van der Waals surface area contributed by atoms with Gasteiger partial charge in [-0.2, -0.15) is 0 Å². The van der Waals surface area contributed by atoms with Gasteiger partial charge in [0, 0.05) is 29.9 Å². The van der Waals surface area contributed by atoms with E-state index in [1.54, 1.807) is 17.9 Å². The van der Waals surface area contributed by atoms with Gasteiger partial charge in [0.15, 0.2) is 0 Å². The number of carbonyl (C=O) groups is 1. The molecule has 5 nitrogen and oxygen atoms in total. The molecule has 5 heteroatoms. The van der Waals surface area contributed by atoms with Crippen molar-refractivity contribution in [2.24, 2.45) is 0 Å². The molecule has 0 atom stereocenters. The van der Waals surface area contributed by atoms with Crippen LogP contribution in [0.4, 0.5) is 11.4 Å². The van der Waals surface area contributed by atoms with Crippen molar-refractivity contribution < 1.29 is 9.72 Å². The lowest BCUT2D eigenvalue weighted by Crippen LogP contribution is -2.32. The normalized spacial score (nSPS) is 10.3. The van der Waals surface area contributed by atoms with Gasteiger partial charge in [-0.15, -0.1) is 0 Å². The Labute approximate surface area is 135 Å². The molecule has 2 aromatic rings. The number of hydrogen-bond donors (Lipinski definition) is 0. The quantitative estimate of drug-likeness (QED) is 0.588. The van der Waals surface area contributed by atoms with Crippen LogP contribution in [0, 0.1) is 17.0 Å². The summed E-state index contributed by atoms with van der Waals surface area (Å²) in [6.07, 6.45) is 1.83. The molecule has 0 radical (unpaired) electrons. The van der Waals surface area contributed by atoms with Gasteiger partial charge in [0.2, 0.25) is 0 Å². The molecular weight excluding hydrogens is 292 g/mol. The second-order valence-electron chi connectivity index (χ2n) is 5.40.